The number of nitrogens with zero attached hydrogens (tertiary/aromatic N) is 4. The molecule has 0 atom stereocenters. The molecule has 0 radical (unpaired) electrons. The molecule has 1 N–H and O–H groups in total. The van der Waals surface area contributed by atoms with E-state index >= 15 is 0 Å². The highest BCUT2D eigenvalue weighted by Crippen LogP contribution is 2.25. The Hall–Kier alpha value is -2.53. The van der Waals surface area contributed by atoms with Crippen molar-refractivity contribution in [3.8, 4) is 0 Å². The highest BCUT2D eigenvalue weighted by molar-refractivity contribution is 7.92. The van der Waals surface area contributed by atoms with Gasteiger partial charge >= 0.3 is 6.55 Å². The van der Waals surface area contributed by atoms with Gasteiger partial charge in [-0.15, -0.1) is 0 Å². The molecule has 0 aliphatic heterocycles. The summed E-state index contributed by atoms with van der Waals surface area (Å²) < 4.78 is 68.2. The minimum absolute atomic E-state index is 0.0122. The molecule has 150 valence electrons. The van der Waals surface area contributed by atoms with E-state index in [1.807, 2.05) is 0 Å². The Labute approximate surface area is 163 Å². The van der Waals surface area contributed by atoms with Gasteiger partial charge in [0.1, 0.15) is 10.7 Å². The fraction of sp³-hybridized carbons (Fsp3) is 0.250. The summed E-state index contributed by atoms with van der Waals surface area (Å²) in [5.74, 6) is -0.487. The molecule has 0 spiro atoms. The summed E-state index contributed by atoms with van der Waals surface area (Å²) in [7, 11) is -4.18. The van der Waals surface area contributed by atoms with Crippen LogP contribution in [0.2, 0.25) is 5.02 Å². The molecule has 0 amide bonds. The molecule has 3 rings (SSSR count). The largest absolute Gasteiger partial charge is 0.333 e. The second-order valence-electron chi connectivity index (χ2n) is 5.96. The monoisotopic (exact) mass is 433 g/mol. The molecule has 1 aromatic carbocycles. The summed E-state index contributed by atoms with van der Waals surface area (Å²) in [6.45, 7) is -0.199. The van der Waals surface area contributed by atoms with E-state index in [4.69, 9.17) is 11.6 Å². The molecule has 0 saturated carbocycles. The van der Waals surface area contributed by atoms with Gasteiger partial charge in [0.05, 0.1) is 17.9 Å². The lowest BCUT2D eigenvalue weighted by Crippen LogP contribution is -2.16. The summed E-state index contributed by atoms with van der Waals surface area (Å²) in [5, 5.41) is 7.86. The predicted octanol–water partition coefficient (Wildman–Crippen LogP) is 3.73. The second kappa shape index (κ2) is 7.47. The Bertz CT molecular complexity index is 1130. The first-order valence-corrected chi connectivity index (χ1v) is 9.78. The van der Waals surface area contributed by atoms with E-state index in [2.05, 4.69) is 14.9 Å². The maximum absolute atomic E-state index is 13.1. The number of hydrogen-bond acceptors (Lipinski definition) is 4. The maximum atomic E-state index is 13.1. The summed E-state index contributed by atoms with van der Waals surface area (Å²) in [6.07, 6.45) is 1.50. The highest BCUT2D eigenvalue weighted by atomic mass is 35.5. The van der Waals surface area contributed by atoms with Crippen molar-refractivity contribution in [2.24, 2.45) is 0 Å². The Morgan fingerprint density at radius 2 is 1.93 bits per heavy atom. The van der Waals surface area contributed by atoms with Crippen molar-refractivity contribution in [2.75, 3.05) is 4.72 Å². The third-order valence-corrected chi connectivity index (χ3v) is 5.90. The predicted molar refractivity (Wildman–Crippen MR) is 96.5 cm³/mol. The van der Waals surface area contributed by atoms with Crippen LogP contribution in [-0.2, 0) is 16.6 Å². The second-order valence-corrected chi connectivity index (χ2v) is 7.99. The van der Waals surface area contributed by atoms with E-state index in [1.165, 1.54) is 42.9 Å². The first-order valence-electron chi connectivity index (χ1n) is 7.92. The fourth-order valence-corrected chi connectivity index (χ4v) is 4.37. The van der Waals surface area contributed by atoms with Crippen LogP contribution in [0.5, 0.6) is 0 Å². The Morgan fingerprint density at radius 3 is 2.54 bits per heavy atom. The molecule has 0 bridgehead atoms. The van der Waals surface area contributed by atoms with Gasteiger partial charge in [0.2, 0.25) is 0 Å². The van der Waals surface area contributed by atoms with Crippen molar-refractivity contribution >= 4 is 27.4 Å². The molecule has 0 aliphatic carbocycles. The number of halogens is 4. The Balaban J connectivity index is 1.83. The van der Waals surface area contributed by atoms with Crippen LogP contribution in [0.3, 0.4) is 0 Å². The standard InChI is InChI=1S/C16H15ClF3N5O2S/c1-9-15(10(2)25(21-9)16(19)20)28(26,27)23-14-5-6-24(22-14)8-11-3-4-12(18)7-13(11)17/h3-7,16H,8H2,1-2H3,(H,22,23). The van der Waals surface area contributed by atoms with Gasteiger partial charge in [0, 0.05) is 17.3 Å². The molecule has 2 heterocycles. The van der Waals surface area contributed by atoms with Crippen molar-refractivity contribution in [1.29, 1.82) is 0 Å². The van der Waals surface area contributed by atoms with Crippen molar-refractivity contribution in [3.05, 3.63) is 58.3 Å². The molecule has 12 heteroatoms. The molecule has 0 unspecified atom stereocenters. The molecule has 3 aromatic rings. The zero-order chi connectivity index (χ0) is 20.6. The fourth-order valence-electron chi connectivity index (χ4n) is 2.74. The van der Waals surface area contributed by atoms with Crippen molar-refractivity contribution < 1.29 is 21.6 Å². The van der Waals surface area contributed by atoms with Gasteiger partial charge in [-0.2, -0.15) is 19.0 Å². The number of sulfonamides is 1. The number of anilines is 1. The smallest absolute Gasteiger partial charge is 0.266 e. The molecular formula is C16H15ClF3N5O2S. The molecule has 0 aliphatic rings. The van der Waals surface area contributed by atoms with Gasteiger partial charge in [-0.05, 0) is 31.5 Å². The Kier molecular flexibility index (Phi) is 5.39. The van der Waals surface area contributed by atoms with E-state index in [0.29, 0.717) is 10.2 Å². The van der Waals surface area contributed by atoms with Gasteiger partial charge in [-0.25, -0.2) is 17.5 Å². The maximum Gasteiger partial charge on any atom is 0.333 e. The number of aromatic nitrogens is 4. The van der Waals surface area contributed by atoms with E-state index in [0.717, 1.165) is 6.07 Å². The quantitative estimate of drug-likeness (QED) is 0.642. The number of nitrogens with one attached hydrogen (secondary N) is 1. The van der Waals surface area contributed by atoms with Gasteiger partial charge in [0.25, 0.3) is 10.0 Å². The number of alkyl halides is 2. The van der Waals surface area contributed by atoms with E-state index < -0.39 is 22.4 Å². The number of aryl methyl sites for hydroxylation is 1. The molecule has 0 fully saturated rings. The van der Waals surface area contributed by atoms with Crippen LogP contribution in [0.4, 0.5) is 19.0 Å². The molecule has 2 aromatic heterocycles. The van der Waals surface area contributed by atoms with Gasteiger partial charge < -0.3 is 0 Å². The van der Waals surface area contributed by atoms with E-state index in [9.17, 15) is 21.6 Å². The van der Waals surface area contributed by atoms with Gasteiger partial charge in [-0.3, -0.25) is 9.40 Å². The zero-order valence-electron chi connectivity index (χ0n) is 14.7. The topological polar surface area (TPSA) is 81.8 Å². The van der Waals surface area contributed by atoms with E-state index in [-0.39, 0.29) is 33.7 Å². The average molecular weight is 434 g/mol. The van der Waals surface area contributed by atoms with Crippen LogP contribution in [0.1, 0.15) is 23.5 Å². The minimum Gasteiger partial charge on any atom is -0.266 e. The first-order chi connectivity index (χ1) is 13.1. The highest BCUT2D eigenvalue weighted by Gasteiger charge is 2.27. The van der Waals surface area contributed by atoms with Crippen molar-refractivity contribution in [2.45, 2.75) is 31.8 Å². The summed E-state index contributed by atoms with van der Waals surface area (Å²) in [4.78, 5) is -0.330. The van der Waals surface area contributed by atoms with Crippen LogP contribution >= 0.6 is 11.6 Å². The molecule has 28 heavy (non-hydrogen) atoms. The normalized spacial score (nSPS) is 12.0. The van der Waals surface area contributed by atoms with Crippen molar-refractivity contribution in [1.82, 2.24) is 19.6 Å². The SMILES string of the molecule is Cc1nn(C(F)F)c(C)c1S(=O)(=O)Nc1ccn(Cc2ccc(F)cc2Cl)n1. The molecule has 7 nitrogen and oxygen atoms in total. The van der Waals surface area contributed by atoms with Crippen LogP contribution in [0.25, 0.3) is 0 Å². The first kappa shape index (κ1) is 20.2. The lowest BCUT2D eigenvalue weighted by Gasteiger charge is -2.07. The average Bonchev–Trinajstić information content (AvgIpc) is 3.13. The van der Waals surface area contributed by atoms with Gasteiger partial charge in [0.15, 0.2) is 5.82 Å². The third-order valence-electron chi connectivity index (χ3n) is 3.94. The third kappa shape index (κ3) is 3.99. The minimum atomic E-state index is -4.18. The Morgan fingerprint density at radius 1 is 1.21 bits per heavy atom. The molecular weight excluding hydrogens is 419 g/mol. The summed E-state index contributed by atoms with van der Waals surface area (Å²) in [6, 6.07) is 5.31. The van der Waals surface area contributed by atoms with Crippen LogP contribution in [0.15, 0.2) is 35.4 Å². The zero-order valence-corrected chi connectivity index (χ0v) is 16.3. The van der Waals surface area contributed by atoms with Crippen LogP contribution in [0, 0.1) is 19.7 Å². The van der Waals surface area contributed by atoms with Crippen LogP contribution < -0.4 is 4.72 Å². The number of rotatable bonds is 6. The van der Waals surface area contributed by atoms with Gasteiger partial charge in [-0.1, -0.05) is 17.7 Å². The molecule has 0 saturated heterocycles. The summed E-state index contributed by atoms with van der Waals surface area (Å²) >= 11 is 5.97. The summed E-state index contributed by atoms with van der Waals surface area (Å²) in [5.41, 5.74) is 0.353. The number of benzene rings is 1. The van der Waals surface area contributed by atoms with E-state index in [1.54, 1.807) is 0 Å². The lowest BCUT2D eigenvalue weighted by atomic mass is 10.2. The number of hydrogen-bond donors (Lipinski definition) is 1. The lowest BCUT2D eigenvalue weighted by molar-refractivity contribution is 0.0538. The van der Waals surface area contributed by atoms with Crippen LogP contribution in [-0.4, -0.2) is 28.0 Å². The van der Waals surface area contributed by atoms with Crippen molar-refractivity contribution in [3.63, 3.8) is 0 Å².